The number of anilines is 3. The van der Waals surface area contributed by atoms with Gasteiger partial charge in [-0.2, -0.15) is 4.98 Å². The molecule has 0 fully saturated rings. The predicted molar refractivity (Wildman–Crippen MR) is 97.4 cm³/mol. The fourth-order valence-corrected chi connectivity index (χ4v) is 3.26. The molecular formula is C18H23N5O2. The lowest BCUT2D eigenvalue weighted by atomic mass is 9.99. The summed E-state index contributed by atoms with van der Waals surface area (Å²) in [7, 11) is 0. The molecular weight excluding hydrogens is 318 g/mol. The van der Waals surface area contributed by atoms with Crippen LogP contribution in [0, 0.1) is 0 Å². The normalized spacial score (nSPS) is 15.6. The van der Waals surface area contributed by atoms with Crippen molar-refractivity contribution in [2.45, 2.75) is 32.1 Å². The van der Waals surface area contributed by atoms with Crippen LogP contribution in [-0.2, 0) is 11.2 Å². The molecule has 2 aromatic rings. The van der Waals surface area contributed by atoms with Gasteiger partial charge in [0, 0.05) is 17.8 Å². The summed E-state index contributed by atoms with van der Waals surface area (Å²) < 4.78 is 4.98. The number of nitrogen functional groups attached to an aromatic ring is 2. The lowest BCUT2D eigenvalue weighted by Crippen LogP contribution is -2.10. The number of hydrogen-bond acceptors (Lipinski definition) is 7. The Hall–Kier alpha value is -2.83. The molecule has 3 rings (SSSR count). The standard InChI is InChI=1S/C18H23N5O2/c1-2-25-17(24)12-3-6-13(7-4-12)21-10-9-11-5-8-14-15(11)16(19)23-18(20)22-14/h3-4,6-7,11,21H,2,5,8-10H2,1H3,(H4,19,20,22,23). The Morgan fingerprint density at radius 3 is 2.76 bits per heavy atom. The molecule has 0 spiro atoms. The number of hydrogen-bond donors (Lipinski definition) is 3. The molecule has 25 heavy (non-hydrogen) atoms. The van der Waals surface area contributed by atoms with E-state index in [0.717, 1.165) is 42.8 Å². The Morgan fingerprint density at radius 1 is 1.28 bits per heavy atom. The highest BCUT2D eigenvalue weighted by Gasteiger charge is 2.27. The van der Waals surface area contributed by atoms with Crippen molar-refractivity contribution < 1.29 is 9.53 Å². The van der Waals surface area contributed by atoms with Crippen LogP contribution in [0.2, 0.25) is 0 Å². The Morgan fingerprint density at radius 2 is 2.04 bits per heavy atom. The van der Waals surface area contributed by atoms with E-state index < -0.39 is 0 Å². The van der Waals surface area contributed by atoms with Crippen molar-refractivity contribution in [1.29, 1.82) is 0 Å². The molecule has 0 radical (unpaired) electrons. The quantitative estimate of drug-likeness (QED) is 0.690. The summed E-state index contributed by atoms with van der Waals surface area (Å²) in [6, 6.07) is 7.29. The van der Waals surface area contributed by atoms with Crippen LogP contribution in [0.1, 0.15) is 47.3 Å². The summed E-state index contributed by atoms with van der Waals surface area (Å²) in [5.41, 5.74) is 15.2. The Kier molecular flexibility index (Phi) is 5.02. The van der Waals surface area contributed by atoms with Crippen molar-refractivity contribution in [3.63, 3.8) is 0 Å². The van der Waals surface area contributed by atoms with E-state index in [2.05, 4.69) is 15.3 Å². The molecule has 1 aliphatic rings. The van der Waals surface area contributed by atoms with Crippen LogP contribution in [0.5, 0.6) is 0 Å². The minimum Gasteiger partial charge on any atom is -0.462 e. The second-order valence-electron chi connectivity index (χ2n) is 6.08. The van der Waals surface area contributed by atoms with E-state index in [0.29, 0.717) is 23.9 Å². The maximum atomic E-state index is 11.6. The lowest BCUT2D eigenvalue weighted by molar-refractivity contribution is 0.0526. The lowest BCUT2D eigenvalue weighted by Gasteiger charge is -2.14. The van der Waals surface area contributed by atoms with Crippen LogP contribution in [0.15, 0.2) is 24.3 Å². The third-order valence-corrected chi connectivity index (χ3v) is 4.43. The van der Waals surface area contributed by atoms with Crippen LogP contribution < -0.4 is 16.8 Å². The molecule has 1 aromatic heterocycles. The summed E-state index contributed by atoms with van der Waals surface area (Å²) in [5.74, 6) is 0.800. The van der Waals surface area contributed by atoms with E-state index in [4.69, 9.17) is 16.2 Å². The number of nitrogens with one attached hydrogen (secondary N) is 1. The van der Waals surface area contributed by atoms with E-state index in [1.165, 1.54) is 0 Å². The van der Waals surface area contributed by atoms with Crippen molar-refractivity contribution >= 4 is 23.4 Å². The van der Waals surface area contributed by atoms with Crippen molar-refractivity contribution in [1.82, 2.24) is 9.97 Å². The van der Waals surface area contributed by atoms with Gasteiger partial charge in [-0.25, -0.2) is 9.78 Å². The summed E-state index contributed by atoms with van der Waals surface area (Å²) >= 11 is 0. The molecule has 132 valence electrons. The number of carbonyl (C=O) groups excluding carboxylic acids is 1. The molecule has 7 nitrogen and oxygen atoms in total. The topological polar surface area (TPSA) is 116 Å². The minimum atomic E-state index is -0.300. The third-order valence-electron chi connectivity index (χ3n) is 4.43. The van der Waals surface area contributed by atoms with Crippen LogP contribution in [0.3, 0.4) is 0 Å². The SMILES string of the molecule is CCOC(=O)c1ccc(NCCC2CCc3nc(N)nc(N)c32)cc1. The molecule has 1 atom stereocenters. The smallest absolute Gasteiger partial charge is 0.338 e. The van der Waals surface area contributed by atoms with Gasteiger partial charge < -0.3 is 21.5 Å². The molecule has 1 unspecified atom stereocenters. The van der Waals surface area contributed by atoms with Crippen LogP contribution >= 0.6 is 0 Å². The number of nitrogens with two attached hydrogens (primary N) is 2. The van der Waals surface area contributed by atoms with Gasteiger partial charge in [0.05, 0.1) is 17.9 Å². The van der Waals surface area contributed by atoms with Gasteiger partial charge in [-0.05, 0) is 56.4 Å². The van der Waals surface area contributed by atoms with Crippen LogP contribution in [0.25, 0.3) is 0 Å². The third kappa shape index (κ3) is 3.81. The summed E-state index contributed by atoms with van der Waals surface area (Å²) in [5, 5.41) is 3.37. The molecule has 5 N–H and O–H groups in total. The number of carbonyl (C=O) groups is 1. The van der Waals surface area contributed by atoms with E-state index in [-0.39, 0.29) is 11.9 Å². The van der Waals surface area contributed by atoms with E-state index >= 15 is 0 Å². The average Bonchev–Trinajstić information content (AvgIpc) is 2.99. The second kappa shape index (κ2) is 7.38. The van der Waals surface area contributed by atoms with Crippen molar-refractivity contribution in [3.8, 4) is 0 Å². The van der Waals surface area contributed by atoms with Gasteiger partial charge in [0.1, 0.15) is 5.82 Å². The van der Waals surface area contributed by atoms with Crippen molar-refractivity contribution in [2.75, 3.05) is 29.9 Å². The highest BCUT2D eigenvalue weighted by atomic mass is 16.5. The molecule has 0 amide bonds. The van der Waals surface area contributed by atoms with Gasteiger partial charge in [0.2, 0.25) is 5.95 Å². The molecule has 1 aliphatic carbocycles. The number of aryl methyl sites for hydroxylation is 1. The first-order valence-electron chi connectivity index (χ1n) is 8.51. The summed E-state index contributed by atoms with van der Waals surface area (Å²) in [6.45, 7) is 2.97. The fraction of sp³-hybridized carbons (Fsp3) is 0.389. The highest BCUT2D eigenvalue weighted by molar-refractivity contribution is 5.89. The maximum Gasteiger partial charge on any atom is 0.338 e. The second-order valence-corrected chi connectivity index (χ2v) is 6.08. The number of nitrogens with zero attached hydrogens (tertiary/aromatic N) is 2. The number of benzene rings is 1. The van der Waals surface area contributed by atoms with E-state index in [1.54, 1.807) is 19.1 Å². The highest BCUT2D eigenvalue weighted by Crippen LogP contribution is 2.37. The predicted octanol–water partition coefficient (Wildman–Crippen LogP) is 2.35. The monoisotopic (exact) mass is 341 g/mol. The van der Waals surface area contributed by atoms with Crippen LogP contribution in [0.4, 0.5) is 17.5 Å². The zero-order valence-electron chi connectivity index (χ0n) is 14.3. The van der Waals surface area contributed by atoms with Gasteiger partial charge in [-0.3, -0.25) is 0 Å². The molecule has 0 bridgehead atoms. The van der Waals surface area contributed by atoms with Crippen molar-refractivity contribution in [2.24, 2.45) is 0 Å². The first-order valence-corrected chi connectivity index (χ1v) is 8.51. The first kappa shape index (κ1) is 17.0. The molecule has 0 saturated carbocycles. The fourth-order valence-electron chi connectivity index (χ4n) is 3.26. The van der Waals surface area contributed by atoms with Crippen LogP contribution in [-0.4, -0.2) is 29.1 Å². The van der Waals surface area contributed by atoms with E-state index in [9.17, 15) is 4.79 Å². The maximum absolute atomic E-state index is 11.6. The largest absolute Gasteiger partial charge is 0.462 e. The number of fused-ring (bicyclic) bond motifs is 1. The zero-order valence-corrected chi connectivity index (χ0v) is 14.3. The molecule has 0 saturated heterocycles. The van der Waals surface area contributed by atoms with E-state index in [1.807, 2.05) is 12.1 Å². The number of esters is 1. The Bertz CT molecular complexity index is 761. The molecule has 0 aliphatic heterocycles. The average molecular weight is 341 g/mol. The summed E-state index contributed by atoms with van der Waals surface area (Å²) in [4.78, 5) is 20.0. The Balaban J connectivity index is 1.55. The summed E-state index contributed by atoms with van der Waals surface area (Å²) in [6.07, 6.45) is 2.84. The van der Waals surface area contributed by atoms with Gasteiger partial charge in [-0.15, -0.1) is 0 Å². The van der Waals surface area contributed by atoms with Crippen molar-refractivity contribution in [3.05, 3.63) is 41.1 Å². The molecule has 1 aromatic carbocycles. The number of ether oxygens (including phenoxy) is 1. The number of aromatic nitrogens is 2. The first-order chi connectivity index (χ1) is 12.1. The van der Waals surface area contributed by atoms with Gasteiger partial charge in [0.25, 0.3) is 0 Å². The molecule has 7 heteroatoms. The minimum absolute atomic E-state index is 0.247. The zero-order chi connectivity index (χ0) is 17.8. The number of rotatable bonds is 6. The Labute approximate surface area is 146 Å². The van der Waals surface area contributed by atoms with Gasteiger partial charge in [-0.1, -0.05) is 0 Å². The van der Waals surface area contributed by atoms with Gasteiger partial charge >= 0.3 is 5.97 Å². The van der Waals surface area contributed by atoms with Gasteiger partial charge in [0.15, 0.2) is 0 Å². The molecule has 1 heterocycles.